The van der Waals surface area contributed by atoms with Crippen molar-refractivity contribution in [3.05, 3.63) is 29.8 Å². The second kappa shape index (κ2) is 8.18. The molecule has 122 valence electrons. The Labute approximate surface area is 133 Å². The van der Waals surface area contributed by atoms with E-state index in [1.165, 1.54) is 19.3 Å². The Balaban J connectivity index is 1.77. The number of nitrogens with one attached hydrogen (secondary N) is 2. The van der Waals surface area contributed by atoms with Crippen molar-refractivity contribution in [2.24, 2.45) is 5.92 Å². The first-order chi connectivity index (χ1) is 10.6. The number of rotatable bonds is 6. The van der Waals surface area contributed by atoms with E-state index < -0.39 is 0 Å². The van der Waals surface area contributed by atoms with Gasteiger partial charge in [-0.05, 0) is 43.4 Å². The first-order valence-corrected chi connectivity index (χ1v) is 8.27. The van der Waals surface area contributed by atoms with Gasteiger partial charge in [0.2, 0.25) is 5.91 Å². The van der Waals surface area contributed by atoms with Gasteiger partial charge in [-0.3, -0.25) is 4.79 Å². The molecule has 1 aliphatic rings. The Hall–Kier alpha value is -1.55. The third kappa shape index (κ3) is 4.73. The van der Waals surface area contributed by atoms with Crippen molar-refractivity contribution in [2.75, 3.05) is 7.11 Å². The van der Waals surface area contributed by atoms with E-state index in [0.717, 1.165) is 17.7 Å². The lowest BCUT2D eigenvalue weighted by Gasteiger charge is -2.30. The molecule has 4 nitrogen and oxygen atoms in total. The molecule has 0 radical (unpaired) electrons. The minimum Gasteiger partial charge on any atom is -0.497 e. The summed E-state index contributed by atoms with van der Waals surface area (Å²) in [4.78, 5) is 12.3. The molecule has 1 saturated carbocycles. The molecule has 1 aromatic carbocycles. The Morgan fingerprint density at radius 2 is 1.95 bits per heavy atom. The van der Waals surface area contributed by atoms with Gasteiger partial charge in [0.25, 0.3) is 0 Å². The number of hydrogen-bond acceptors (Lipinski definition) is 3. The van der Waals surface area contributed by atoms with E-state index in [-0.39, 0.29) is 11.9 Å². The fourth-order valence-corrected chi connectivity index (χ4v) is 2.95. The largest absolute Gasteiger partial charge is 0.497 e. The molecule has 22 heavy (non-hydrogen) atoms. The van der Waals surface area contributed by atoms with Crippen molar-refractivity contribution < 1.29 is 9.53 Å². The Morgan fingerprint density at radius 3 is 2.59 bits per heavy atom. The monoisotopic (exact) mass is 304 g/mol. The van der Waals surface area contributed by atoms with Gasteiger partial charge in [0, 0.05) is 12.6 Å². The zero-order chi connectivity index (χ0) is 15.9. The maximum atomic E-state index is 12.3. The Morgan fingerprint density at radius 1 is 1.27 bits per heavy atom. The van der Waals surface area contributed by atoms with Gasteiger partial charge in [0.15, 0.2) is 0 Å². The number of methoxy groups -OCH3 is 1. The quantitative estimate of drug-likeness (QED) is 0.849. The molecule has 1 aromatic rings. The third-order valence-electron chi connectivity index (χ3n) is 4.60. The maximum Gasteiger partial charge on any atom is 0.237 e. The van der Waals surface area contributed by atoms with E-state index in [4.69, 9.17) is 4.74 Å². The van der Waals surface area contributed by atoms with E-state index in [2.05, 4.69) is 17.6 Å². The maximum absolute atomic E-state index is 12.3. The minimum atomic E-state index is -0.184. The normalized spacial score (nSPS) is 22.9. The van der Waals surface area contributed by atoms with Crippen LogP contribution in [0.15, 0.2) is 24.3 Å². The molecule has 0 aromatic heterocycles. The molecule has 2 rings (SSSR count). The first-order valence-electron chi connectivity index (χ1n) is 8.27. The molecule has 4 heteroatoms. The molecular weight excluding hydrogens is 276 g/mol. The van der Waals surface area contributed by atoms with Gasteiger partial charge in [-0.25, -0.2) is 0 Å². The fraction of sp³-hybridized carbons (Fsp3) is 0.611. The highest BCUT2D eigenvalue weighted by molar-refractivity contribution is 5.81. The Bertz CT molecular complexity index is 472. The smallest absolute Gasteiger partial charge is 0.237 e. The van der Waals surface area contributed by atoms with Crippen LogP contribution in [0.3, 0.4) is 0 Å². The summed E-state index contributed by atoms with van der Waals surface area (Å²) < 4.78 is 5.14. The van der Waals surface area contributed by atoms with Gasteiger partial charge >= 0.3 is 0 Å². The molecule has 0 unspecified atom stereocenters. The molecular formula is C18H28N2O2. The molecule has 1 amide bonds. The summed E-state index contributed by atoms with van der Waals surface area (Å²) in [5.74, 6) is 1.54. The SMILES string of the molecule is COc1ccc(CN[C@H](C)C(=O)N[C@H]2CCCC[C@@H]2C)cc1. The molecule has 0 saturated heterocycles. The summed E-state index contributed by atoms with van der Waals surface area (Å²) in [6, 6.07) is 8.05. The Kier molecular flexibility index (Phi) is 6.25. The number of carbonyl (C=O) groups is 1. The van der Waals surface area contributed by atoms with Crippen LogP contribution in [-0.4, -0.2) is 25.1 Å². The number of hydrogen-bond donors (Lipinski definition) is 2. The lowest BCUT2D eigenvalue weighted by Crippen LogP contribution is -2.48. The second-order valence-corrected chi connectivity index (χ2v) is 6.33. The number of benzene rings is 1. The lowest BCUT2D eigenvalue weighted by molar-refractivity contribution is -0.124. The van der Waals surface area contributed by atoms with Gasteiger partial charge in [-0.15, -0.1) is 0 Å². The van der Waals surface area contributed by atoms with Gasteiger partial charge in [0.1, 0.15) is 5.75 Å². The van der Waals surface area contributed by atoms with Crippen LogP contribution in [0.2, 0.25) is 0 Å². The van der Waals surface area contributed by atoms with Gasteiger partial charge in [-0.2, -0.15) is 0 Å². The van der Waals surface area contributed by atoms with Gasteiger partial charge in [0.05, 0.1) is 13.2 Å². The molecule has 3 atom stereocenters. The fourth-order valence-electron chi connectivity index (χ4n) is 2.95. The molecule has 2 N–H and O–H groups in total. The first kappa shape index (κ1) is 16.8. The van der Waals surface area contributed by atoms with Crippen molar-refractivity contribution in [2.45, 2.75) is 58.2 Å². The van der Waals surface area contributed by atoms with E-state index in [9.17, 15) is 4.79 Å². The van der Waals surface area contributed by atoms with E-state index in [1.807, 2.05) is 31.2 Å². The highest BCUT2D eigenvalue weighted by Gasteiger charge is 2.24. The second-order valence-electron chi connectivity index (χ2n) is 6.33. The zero-order valence-corrected chi connectivity index (χ0v) is 13.9. The van der Waals surface area contributed by atoms with Crippen molar-refractivity contribution in [3.8, 4) is 5.75 Å². The summed E-state index contributed by atoms with van der Waals surface area (Å²) in [6.45, 7) is 4.84. The number of amides is 1. The number of ether oxygens (including phenoxy) is 1. The van der Waals surface area contributed by atoms with E-state index in [0.29, 0.717) is 18.5 Å². The molecule has 0 heterocycles. The molecule has 1 aliphatic carbocycles. The highest BCUT2D eigenvalue weighted by Crippen LogP contribution is 2.23. The average molecular weight is 304 g/mol. The third-order valence-corrected chi connectivity index (χ3v) is 4.60. The van der Waals surface area contributed by atoms with Crippen molar-refractivity contribution in [3.63, 3.8) is 0 Å². The predicted molar refractivity (Wildman–Crippen MR) is 88.9 cm³/mol. The molecule has 0 bridgehead atoms. The molecule has 0 aliphatic heterocycles. The van der Waals surface area contributed by atoms with Crippen LogP contribution < -0.4 is 15.4 Å². The summed E-state index contributed by atoms with van der Waals surface area (Å²) in [7, 11) is 1.66. The summed E-state index contributed by atoms with van der Waals surface area (Å²) in [5.41, 5.74) is 1.14. The van der Waals surface area contributed by atoms with Gasteiger partial charge in [-0.1, -0.05) is 31.9 Å². The van der Waals surface area contributed by atoms with Gasteiger partial charge < -0.3 is 15.4 Å². The van der Waals surface area contributed by atoms with Crippen LogP contribution in [-0.2, 0) is 11.3 Å². The summed E-state index contributed by atoms with van der Waals surface area (Å²) in [5, 5.41) is 6.49. The van der Waals surface area contributed by atoms with E-state index in [1.54, 1.807) is 7.11 Å². The van der Waals surface area contributed by atoms with Crippen LogP contribution in [0.5, 0.6) is 5.75 Å². The molecule has 0 spiro atoms. The summed E-state index contributed by atoms with van der Waals surface area (Å²) in [6.07, 6.45) is 4.85. The van der Waals surface area contributed by atoms with Crippen LogP contribution in [0.4, 0.5) is 0 Å². The number of carbonyl (C=O) groups excluding carboxylic acids is 1. The van der Waals surface area contributed by atoms with Crippen molar-refractivity contribution in [1.82, 2.24) is 10.6 Å². The zero-order valence-electron chi connectivity index (χ0n) is 13.9. The highest BCUT2D eigenvalue weighted by atomic mass is 16.5. The summed E-state index contributed by atoms with van der Waals surface area (Å²) >= 11 is 0. The lowest BCUT2D eigenvalue weighted by atomic mass is 9.86. The van der Waals surface area contributed by atoms with Crippen molar-refractivity contribution >= 4 is 5.91 Å². The standard InChI is InChI=1S/C18H28N2O2/c1-13-6-4-5-7-17(13)20-18(21)14(2)19-12-15-8-10-16(22-3)11-9-15/h8-11,13-14,17,19H,4-7,12H2,1-3H3,(H,20,21)/t13-,14+,17-/m0/s1. The predicted octanol–water partition coefficient (Wildman–Crippen LogP) is 2.87. The average Bonchev–Trinajstić information content (AvgIpc) is 2.55. The molecule has 1 fully saturated rings. The minimum absolute atomic E-state index is 0.104. The van der Waals surface area contributed by atoms with Crippen LogP contribution in [0, 0.1) is 5.92 Å². The van der Waals surface area contributed by atoms with E-state index >= 15 is 0 Å². The van der Waals surface area contributed by atoms with Crippen molar-refractivity contribution in [1.29, 1.82) is 0 Å². The van der Waals surface area contributed by atoms with Crippen LogP contribution >= 0.6 is 0 Å². The van der Waals surface area contributed by atoms with Crippen LogP contribution in [0.1, 0.15) is 45.1 Å². The van der Waals surface area contributed by atoms with Crippen LogP contribution in [0.25, 0.3) is 0 Å². The topological polar surface area (TPSA) is 50.4 Å².